The van der Waals surface area contributed by atoms with E-state index >= 15 is 0 Å². The van der Waals surface area contributed by atoms with Crippen molar-refractivity contribution >= 4 is 33.1 Å². The monoisotopic (exact) mass is 398 g/mol. The van der Waals surface area contributed by atoms with Crippen LogP contribution in [0.3, 0.4) is 0 Å². The van der Waals surface area contributed by atoms with Crippen LogP contribution in [0.1, 0.15) is 38.6 Å². The smallest absolute Gasteiger partial charge is 0.266 e. The zero-order chi connectivity index (χ0) is 19.4. The Bertz CT molecular complexity index is 1200. The first kappa shape index (κ1) is 17.5. The molecule has 5 rings (SSSR count). The lowest BCUT2D eigenvalue weighted by Gasteiger charge is -2.19. The minimum absolute atomic E-state index is 0.0854. The van der Waals surface area contributed by atoms with E-state index in [1.165, 1.54) is 11.3 Å². The number of benzene rings is 1. The van der Waals surface area contributed by atoms with Gasteiger partial charge in [-0.15, -0.1) is 11.3 Å². The number of fused-ring (bicyclic) bond motifs is 3. The van der Waals surface area contributed by atoms with Crippen LogP contribution < -0.4 is 16.2 Å². The second-order valence-corrected chi connectivity index (χ2v) is 8.27. The molecule has 0 saturated carbocycles. The van der Waals surface area contributed by atoms with Crippen LogP contribution in [-0.2, 0) is 25.9 Å². The molecule has 2 aliphatic heterocycles. The number of carbonyl (C=O) groups excluding carboxylic acids is 1. The number of aromatic nitrogens is 2. The van der Waals surface area contributed by atoms with E-state index in [2.05, 4.69) is 15.6 Å². The lowest BCUT2D eigenvalue weighted by molar-refractivity contribution is 0.102. The van der Waals surface area contributed by atoms with Crippen molar-refractivity contribution in [3.63, 3.8) is 0 Å². The van der Waals surface area contributed by atoms with E-state index in [0.29, 0.717) is 45.7 Å². The number of rotatable bonds is 2. The molecule has 0 atom stereocenters. The van der Waals surface area contributed by atoms with Gasteiger partial charge in [0.25, 0.3) is 11.5 Å². The van der Waals surface area contributed by atoms with E-state index in [9.17, 15) is 14.0 Å². The molecule has 3 aromatic rings. The quantitative estimate of drug-likeness (QED) is 0.696. The molecule has 2 N–H and O–H groups in total. The molecular formula is C20H19FN4O2S. The van der Waals surface area contributed by atoms with E-state index < -0.39 is 5.91 Å². The summed E-state index contributed by atoms with van der Waals surface area (Å²) in [4.78, 5) is 31.2. The van der Waals surface area contributed by atoms with E-state index in [1.807, 2.05) is 6.07 Å². The Balaban J connectivity index is 1.53. The molecular weight excluding hydrogens is 379 g/mol. The van der Waals surface area contributed by atoms with Gasteiger partial charge in [-0.25, -0.2) is 9.37 Å². The van der Waals surface area contributed by atoms with Crippen LogP contribution in [0, 0.1) is 12.7 Å². The van der Waals surface area contributed by atoms with Gasteiger partial charge in [0.2, 0.25) is 0 Å². The van der Waals surface area contributed by atoms with Gasteiger partial charge in [-0.2, -0.15) is 0 Å². The number of thiophene rings is 1. The van der Waals surface area contributed by atoms with E-state index in [-0.39, 0.29) is 17.1 Å². The summed E-state index contributed by atoms with van der Waals surface area (Å²) in [5, 5.41) is 6.40. The predicted molar refractivity (Wildman–Crippen MR) is 107 cm³/mol. The van der Waals surface area contributed by atoms with Gasteiger partial charge in [0.15, 0.2) is 0 Å². The minimum atomic E-state index is -0.405. The van der Waals surface area contributed by atoms with Gasteiger partial charge in [-0.05, 0) is 49.1 Å². The number of nitrogens with zero attached hydrogens (tertiary/aromatic N) is 2. The van der Waals surface area contributed by atoms with Crippen LogP contribution in [-0.4, -0.2) is 22.0 Å². The first-order valence-electron chi connectivity index (χ1n) is 9.39. The van der Waals surface area contributed by atoms with Crippen molar-refractivity contribution in [3.05, 3.63) is 55.7 Å². The lowest BCUT2D eigenvalue weighted by atomic mass is 9.99. The average molecular weight is 398 g/mol. The number of anilines is 1. The second kappa shape index (κ2) is 6.49. The molecule has 4 heterocycles. The van der Waals surface area contributed by atoms with Gasteiger partial charge >= 0.3 is 0 Å². The average Bonchev–Trinajstić information content (AvgIpc) is 3.29. The van der Waals surface area contributed by atoms with E-state index in [4.69, 9.17) is 0 Å². The standard InChI is InChI=1S/C20H19FN4O2S/c1-10-15-19(24-14-3-2-8-25(14)20(15)27)28-17(10)18(26)23-13-5-4-11-9-22-7-6-12(11)16(13)21/h4-5,22H,2-3,6-9H2,1H3,(H,23,26). The molecule has 2 aliphatic rings. The highest BCUT2D eigenvalue weighted by Gasteiger charge is 2.24. The summed E-state index contributed by atoms with van der Waals surface area (Å²) in [5.74, 6) is 0.00109. The molecule has 0 bridgehead atoms. The van der Waals surface area contributed by atoms with Crippen molar-refractivity contribution in [3.8, 4) is 0 Å². The molecule has 0 saturated heterocycles. The number of nitrogens with one attached hydrogen (secondary N) is 2. The molecule has 28 heavy (non-hydrogen) atoms. The van der Waals surface area contributed by atoms with Crippen molar-refractivity contribution in [1.29, 1.82) is 0 Å². The Morgan fingerprint density at radius 2 is 2.21 bits per heavy atom. The molecule has 0 spiro atoms. The molecule has 6 nitrogen and oxygen atoms in total. The van der Waals surface area contributed by atoms with E-state index in [0.717, 1.165) is 30.8 Å². The third-order valence-electron chi connectivity index (χ3n) is 5.57. The summed E-state index contributed by atoms with van der Waals surface area (Å²) < 4.78 is 16.5. The van der Waals surface area contributed by atoms with Gasteiger partial charge in [0.05, 0.1) is 16.0 Å². The highest BCUT2D eigenvalue weighted by Crippen LogP contribution is 2.30. The molecule has 0 aliphatic carbocycles. The molecule has 1 amide bonds. The maximum absolute atomic E-state index is 14.9. The summed E-state index contributed by atoms with van der Waals surface area (Å²) in [6, 6.07) is 3.44. The van der Waals surface area contributed by atoms with E-state index in [1.54, 1.807) is 17.6 Å². The molecule has 0 unspecified atom stereocenters. The maximum atomic E-state index is 14.9. The summed E-state index contributed by atoms with van der Waals surface area (Å²) in [6.07, 6.45) is 2.29. The Labute approximate surface area is 164 Å². The first-order valence-corrected chi connectivity index (χ1v) is 10.2. The molecule has 2 aromatic heterocycles. The Morgan fingerprint density at radius 3 is 3.07 bits per heavy atom. The SMILES string of the molecule is Cc1c(C(=O)Nc2ccc3c(c2F)CCNC3)sc2nc3n(c(=O)c12)CCC3. The van der Waals surface area contributed by atoms with Crippen molar-refractivity contribution in [2.75, 3.05) is 11.9 Å². The zero-order valence-electron chi connectivity index (χ0n) is 15.4. The number of carbonyl (C=O) groups is 1. The largest absolute Gasteiger partial charge is 0.319 e. The Hall–Kier alpha value is -2.58. The predicted octanol–water partition coefficient (Wildman–Crippen LogP) is 2.75. The second-order valence-electron chi connectivity index (χ2n) is 7.27. The van der Waals surface area contributed by atoms with Gasteiger partial charge in [0.1, 0.15) is 16.5 Å². The van der Waals surface area contributed by atoms with Crippen molar-refractivity contribution in [1.82, 2.24) is 14.9 Å². The highest BCUT2D eigenvalue weighted by molar-refractivity contribution is 7.20. The normalized spacial score (nSPS) is 15.5. The molecule has 8 heteroatoms. The van der Waals surface area contributed by atoms with Crippen LogP contribution in [0.15, 0.2) is 16.9 Å². The molecule has 0 radical (unpaired) electrons. The van der Waals surface area contributed by atoms with Crippen LogP contribution in [0.4, 0.5) is 10.1 Å². The summed E-state index contributed by atoms with van der Waals surface area (Å²) in [6.45, 7) is 3.78. The van der Waals surface area contributed by atoms with Crippen LogP contribution in [0.2, 0.25) is 0 Å². The third kappa shape index (κ3) is 2.59. The fourth-order valence-electron chi connectivity index (χ4n) is 4.10. The van der Waals surface area contributed by atoms with Crippen LogP contribution in [0.25, 0.3) is 10.2 Å². The molecule has 1 aromatic carbocycles. The van der Waals surface area contributed by atoms with Crippen molar-refractivity contribution in [2.24, 2.45) is 0 Å². The number of halogens is 1. The van der Waals surface area contributed by atoms with Gasteiger partial charge in [-0.3, -0.25) is 14.2 Å². The fraction of sp³-hybridized carbons (Fsp3) is 0.350. The van der Waals surface area contributed by atoms with Crippen LogP contribution >= 0.6 is 11.3 Å². The van der Waals surface area contributed by atoms with Gasteiger partial charge in [0, 0.05) is 19.5 Å². The number of hydrogen-bond donors (Lipinski definition) is 2. The highest BCUT2D eigenvalue weighted by atomic mass is 32.1. The summed E-state index contributed by atoms with van der Waals surface area (Å²) >= 11 is 1.20. The number of aryl methyl sites for hydroxylation is 2. The maximum Gasteiger partial charge on any atom is 0.266 e. The molecule has 0 fully saturated rings. The van der Waals surface area contributed by atoms with Gasteiger partial charge in [-0.1, -0.05) is 6.07 Å². The van der Waals surface area contributed by atoms with Crippen LogP contribution in [0.5, 0.6) is 0 Å². The number of hydrogen-bond acceptors (Lipinski definition) is 5. The number of amides is 1. The Kier molecular flexibility index (Phi) is 4.06. The first-order chi connectivity index (χ1) is 13.5. The zero-order valence-corrected chi connectivity index (χ0v) is 16.2. The fourth-order valence-corrected chi connectivity index (χ4v) is 5.19. The lowest BCUT2D eigenvalue weighted by Crippen LogP contribution is -2.25. The topological polar surface area (TPSA) is 76.0 Å². The molecule has 144 valence electrons. The third-order valence-corrected chi connectivity index (χ3v) is 6.76. The summed E-state index contributed by atoms with van der Waals surface area (Å²) in [7, 11) is 0. The Morgan fingerprint density at radius 1 is 1.36 bits per heavy atom. The van der Waals surface area contributed by atoms with Gasteiger partial charge < -0.3 is 10.6 Å². The van der Waals surface area contributed by atoms with Crippen molar-refractivity contribution in [2.45, 2.75) is 39.3 Å². The minimum Gasteiger partial charge on any atom is -0.319 e. The summed E-state index contributed by atoms with van der Waals surface area (Å²) in [5.41, 5.74) is 2.28. The van der Waals surface area contributed by atoms with Crippen molar-refractivity contribution < 1.29 is 9.18 Å².